The van der Waals surface area contributed by atoms with Gasteiger partial charge in [0.25, 0.3) is 0 Å². The smallest absolute Gasteiger partial charge is 0.240 e. The van der Waals surface area contributed by atoms with Crippen molar-refractivity contribution >= 4 is 17.7 Å². The van der Waals surface area contributed by atoms with Crippen molar-refractivity contribution in [1.29, 1.82) is 0 Å². The highest BCUT2D eigenvalue weighted by Crippen LogP contribution is 2.44. The Morgan fingerprint density at radius 1 is 1.08 bits per heavy atom. The minimum atomic E-state index is 0.00909. The lowest BCUT2D eigenvalue weighted by molar-refractivity contribution is -0.131. The van der Waals surface area contributed by atoms with Gasteiger partial charge in [-0.1, -0.05) is 60.7 Å². The minimum absolute atomic E-state index is 0.00909. The Bertz CT molecular complexity index is 824. The van der Waals surface area contributed by atoms with Crippen molar-refractivity contribution in [2.45, 2.75) is 32.2 Å². The highest BCUT2D eigenvalue weighted by Gasteiger charge is 2.42. The van der Waals surface area contributed by atoms with Crippen molar-refractivity contribution in [3.63, 3.8) is 0 Å². The molecule has 1 saturated carbocycles. The Morgan fingerprint density at radius 3 is 2.44 bits per heavy atom. The van der Waals surface area contributed by atoms with Crippen LogP contribution in [0.2, 0.25) is 0 Å². The molecule has 2 atom stereocenters. The first kappa shape index (κ1) is 15.8. The molecular weight excluding hydrogens is 308 g/mol. The van der Waals surface area contributed by atoms with Crippen molar-refractivity contribution < 1.29 is 4.79 Å². The number of hydrazone groups is 1. The van der Waals surface area contributed by atoms with Crippen LogP contribution in [0.5, 0.6) is 0 Å². The number of rotatable bonds is 2. The minimum Gasteiger partial charge on any atom is -0.273 e. The van der Waals surface area contributed by atoms with Gasteiger partial charge in [0.15, 0.2) is 0 Å². The fourth-order valence-corrected chi connectivity index (χ4v) is 4.00. The molecule has 2 aromatic carbocycles. The number of hydrogen-bond acceptors (Lipinski definition) is 2. The fraction of sp³-hybridized carbons (Fsp3) is 0.273. The lowest BCUT2D eigenvalue weighted by Gasteiger charge is -2.29. The zero-order valence-electron chi connectivity index (χ0n) is 14.4. The van der Waals surface area contributed by atoms with E-state index in [0.29, 0.717) is 0 Å². The molecule has 0 saturated heterocycles. The quantitative estimate of drug-likeness (QED) is 0.776. The van der Waals surface area contributed by atoms with Gasteiger partial charge in [-0.25, -0.2) is 5.01 Å². The van der Waals surface area contributed by atoms with Crippen LogP contribution >= 0.6 is 0 Å². The molecule has 1 aliphatic heterocycles. The van der Waals surface area contributed by atoms with Crippen LogP contribution in [0.3, 0.4) is 0 Å². The van der Waals surface area contributed by atoms with E-state index in [2.05, 4.69) is 42.5 Å². The molecular formula is C22H22N2O. The van der Waals surface area contributed by atoms with Crippen LogP contribution in [0.4, 0.5) is 0 Å². The van der Waals surface area contributed by atoms with Crippen LogP contribution in [-0.4, -0.2) is 16.6 Å². The molecule has 0 aromatic heterocycles. The number of hydrogen-bond donors (Lipinski definition) is 0. The molecule has 0 spiro atoms. The van der Waals surface area contributed by atoms with Crippen molar-refractivity contribution in [3.8, 4) is 0 Å². The van der Waals surface area contributed by atoms with Crippen molar-refractivity contribution in [3.05, 3.63) is 77.4 Å². The number of fused-ring (bicyclic) bond motifs is 1. The lowest BCUT2D eigenvalue weighted by Crippen LogP contribution is -2.30. The van der Waals surface area contributed by atoms with Gasteiger partial charge in [0.1, 0.15) is 0 Å². The Morgan fingerprint density at radius 2 is 1.76 bits per heavy atom. The highest BCUT2D eigenvalue weighted by atomic mass is 16.2. The zero-order chi connectivity index (χ0) is 17.2. The van der Waals surface area contributed by atoms with Gasteiger partial charge >= 0.3 is 0 Å². The van der Waals surface area contributed by atoms with E-state index in [-0.39, 0.29) is 17.9 Å². The first-order valence-electron chi connectivity index (χ1n) is 8.93. The summed E-state index contributed by atoms with van der Waals surface area (Å²) in [5, 5.41) is 6.47. The van der Waals surface area contributed by atoms with Gasteiger partial charge in [0, 0.05) is 12.8 Å². The number of nitrogens with zero attached hydrogens (tertiary/aromatic N) is 2. The molecule has 2 aliphatic rings. The number of allylic oxidation sites excluding steroid dienone is 1. The first-order chi connectivity index (χ1) is 12.2. The molecule has 2 aromatic rings. The van der Waals surface area contributed by atoms with E-state index in [4.69, 9.17) is 5.10 Å². The van der Waals surface area contributed by atoms with Crippen LogP contribution in [0.25, 0.3) is 6.08 Å². The van der Waals surface area contributed by atoms with Crippen LogP contribution < -0.4 is 0 Å². The molecule has 0 N–H and O–H groups in total. The molecule has 1 amide bonds. The third-order valence-electron chi connectivity index (χ3n) is 5.11. The SMILES string of the molecule is CC(=O)N1N=C2/C(=C/c3ccccc3)CCC[C@H]2[C@@H]1c1ccccc1. The maximum atomic E-state index is 12.2. The molecule has 0 unspecified atom stereocenters. The van der Waals surface area contributed by atoms with Crippen LogP contribution in [0.1, 0.15) is 43.4 Å². The largest absolute Gasteiger partial charge is 0.273 e. The molecule has 1 aliphatic carbocycles. The second-order valence-electron chi connectivity index (χ2n) is 6.78. The normalized spacial score (nSPS) is 24.1. The van der Waals surface area contributed by atoms with E-state index in [0.717, 1.165) is 25.0 Å². The second kappa shape index (κ2) is 6.67. The van der Waals surface area contributed by atoms with E-state index in [9.17, 15) is 4.79 Å². The maximum Gasteiger partial charge on any atom is 0.240 e. The summed E-state index contributed by atoms with van der Waals surface area (Å²) in [5.74, 6) is 0.296. The van der Waals surface area contributed by atoms with Gasteiger partial charge in [-0.15, -0.1) is 0 Å². The summed E-state index contributed by atoms with van der Waals surface area (Å²) in [6, 6.07) is 20.7. The summed E-state index contributed by atoms with van der Waals surface area (Å²) in [7, 11) is 0. The fourth-order valence-electron chi connectivity index (χ4n) is 4.00. The van der Waals surface area contributed by atoms with Crippen LogP contribution in [0.15, 0.2) is 71.3 Å². The van der Waals surface area contributed by atoms with Crippen molar-refractivity contribution in [2.75, 3.05) is 0 Å². The Kier molecular flexibility index (Phi) is 4.22. The van der Waals surface area contributed by atoms with Gasteiger partial charge in [-0.3, -0.25) is 4.79 Å². The topological polar surface area (TPSA) is 32.7 Å². The third-order valence-corrected chi connectivity index (χ3v) is 5.11. The number of amides is 1. The number of benzene rings is 2. The highest BCUT2D eigenvalue weighted by molar-refractivity contribution is 6.08. The molecule has 1 fully saturated rings. The molecule has 126 valence electrons. The van der Waals surface area contributed by atoms with E-state index in [1.807, 2.05) is 24.3 Å². The summed E-state index contributed by atoms with van der Waals surface area (Å²) >= 11 is 0. The predicted molar refractivity (Wildman–Crippen MR) is 101 cm³/mol. The summed E-state index contributed by atoms with van der Waals surface area (Å²) in [5.41, 5.74) is 4.73. The average Bonchev–Trinajstić information content (AvgIpc) is 3.04. The van der Waals surface area contributed by atoms with Crippen molar-refractivity contribution in [1.82, 2.24) is 5.01 Å². The Labute approximate surface area is 148 Å². The lowest BCUT2D eigenvalue weighted by atomic mass is 9.77. The molecule has 4 rings (SSSR count). The number of carbonyl (C=O) groups is 1. The molecule has 3 heteroatoms. The Hall–Kier alpha value is -2.68. The molecule has 1 heterocycles. The molecule has 3 nitrogen and oxygen atoms in total. The van der Waals surface area contributed by atoms with Crippen LogP contribution in [-0.2, 0) is 4.79 Å². The molecule has 0 bridgehead atoms. The van der Waals surface area contributed by atoms with Gasteiger partial charge in [-0.2, -0.15) is 5.10 Å². The summed E-state index contributed by atoms with van der Waals surface area (Å²) in [4.78, 5) is 12.2. The third kappa shape index (κ3) is 3.02. The van der Waals surface area contributed by atoms with E-state index >= 15 is 0 Å². The summed E-state index contributed by atoms with van der Waals surface area (Å²) in [6.45, 7) is 1.61. The van der Waals surface area contributed by atoms with E-state index < -0.39 is 0 Å². The van der Waals surface area contributed by atoms with E-state index in [1.54, 1.807) is 11.9 Å². The monoisotopic (exact) mass is 330 g/mol. The predicted octanol–water partition coefficient (Wildman–Crippen LogP) is 4.83. The van der Waals surface area contributed by atoms with Crippen LogP contribution in [0, 0.1) is 5.92 Å². The van der Waals surface area contributed by atoms with Gasteiger partial charge in [0.2, 0.25) is 5.91 Å². The first-order valence-corrected chi connectivity index (χ1v) is 8.93. The van der Waals surface area contributed by atoms with Gasteiger partial charge < -0.3 is 0 Å². The maximum absolute atomic E-state index is 12.2. The van der Waals surface area contributed by atoms with Crippen molar-refractivity contribution in [2.24, 2.45) is 11.0 Å². The summed E-state index contributed by atoms with van der Waals surface area (Å²) < 4.78 is 0. The standard InChI is InChI=1S/C22H22N2O/c1-16(25)24-22(18-11-6-3-7-12-18)20-14-8-13-19(21(20)23-24)15-17-9-4-2-5-10-17/h2-7,9-12,15,20,22H,8,13-14H2,1H3/b19-15+/t20-,22+/m1/s1. The van der Waals surface area contributed by atoms with Gasteiger partial charge in [0.05, 0.1) is 11.8 Å². The second-order valence-corrected chi connectivity index (χ2v) is 6.78. The summed E-state index contributed by atoms with van der Waals surface area (Å²) in [6.07, 6.45) is 5.47. The number of carbonyl (C=O) groups excluding carboxylic acids is 1. The van der Waals surface area contributed by atoms with E-state index in [1.165, 1.54) is 16.7 Å². The van der Waals surface area contributed by atoms with Gasteiger partial charge in [-0.05, 0) is 42.0 Å². The Balaban J connectivity index is 1.74. The molecule has 0 radical (unpaired) electrons. The molecule has 25 heavy (non-hydrogen) atoms. The zero-order valence-corrected chi connectivity index (χ0v) is 14.4. The average molecular weight is 330 g/mol.